The smallest absolute Gasteiger partial charge is 0.319 e. The van der Waals surface area contributed by atoms with Gasteiger partial charge in [-0.1, -0.05) is 142 Å². The van der Waals surface area contributed by atoms with Gasteiger partial charge in [-0.2, -0.15) is 4.98 Å². The quantitative estimate of drug-likeness (QED) is 0.0660. The average Bonchev–Trinajstić information content (AvgIpc) is 3.80. The molecule has 10 nitrogen and oxygen atoms in total. The minimum Gasteiger partial charge on any atom is -0.535 e. The van der Waals surface area contributed by atoms with Crippen LogP contribution >= 0.6 is 0 Å². The summed E-state index contributed by atoms with van der Waals surface area (Å²) in [5, 5.41) is 12.8. The topological polar surface area (TPSA) is 103 Å². The van der Waals surface area contributed by atoms with Gasteiger partial charge < -0.3 is 33.2 Å². The van der Waals surface area contributed by atoms with Gasteiger partial charge in [-0.15, -0.1) is 0 Å². The van der Waals surface area contributed by atoms with E-state index in [4.69, 9.17) is 28.6 Å². The Kier molecular flexibility index (Phi) is 11.8. The molecule has 288 valence electrons. The van der Waals surface area contributed by atoms with Crippen LogP contribution in [0.25, 0.3) is 11.0 Å². The lowest BCUT2D eigenvalue weighted by Gasteiger charge is -2.43. The molecule has 1 N–H and O–H groups in total. The largest absolute Gasteiger partial charge is 0.535 e. The zero-order valence-corrected chi connectivity index (χ0v) is 33.6. The molecule has 2 atom stereocenters. The zero-order valence-electron chi connectivity index (χ0n) is 32.6. The van der Waals surface area contributed by atoms with Gasteiger partial charge in [0.1, 0.15) is 42.3 Å². The van der Waals surface area contributed by atoms with Gasteiger partial charge in [-0.25, -0.2) is 9.98 Å². The van der Waals surface area contributed by atoms with Gasteiger partial charge in [0, 0.05) is 25.9 Å². The fourth-order valence-corrected chi connectivity index (χ4v) is 11.6. The molecule has 0 saturated heterocycles. The van der Waals surface area contributed by atoms with Crippen molar-refractivity contribution in [3.63, 3.8) is 0 Å². The van der Waals surface area contributed by atoms with Gasteiger partial charge in [0.15, 0.2) is 0 Å². The van der Waals surface area contributed by atoms with Gasteiger partial charge in [-0.3, -0.25) is 0 Å². The van der Waals surface area contributed by atoms with Gasteiger partial charge in [0.2, 0.25) is 5.88 Å². The van der Waals surface area contributed by atoms with Crippen LogP contribution in [0.1, 0.15) is 43.6 Å². The lowest BCUT2D eigenvalue weighted by molar-refractivity contribution is 0.00752. The molecule has 1 aliphatic rings. The van der Waals surface area contributed by atoms with Gasteiger partial charge in [0.05, 0.1) is 19.6 Å². The molecule has 6 aromatic rings. The van der Waals surface area contributed by atoms with E-state index in [0.29, 0.717) is 29.3 Å². The van der Waals surface area contributed by atoms with Crippen LogP contribution in [-0.4, -0.2) is 66.0 Å². The molecule has 0 amide bonds. The van der Waals surface area contributed by atoms with E-state index >= 15 is 0 Å². The highest BCUT2D eigenvalue weighted by atomic mass is 28.4. The number of fused-ring (bicyclic) bond motifs is 1. The molecule has 4 aromatic carbocycles. The van der Waals surface area contributed by atoms with Crippen molar-refractivity contribution in [1.82, 2.24) is 19.4 Å². The third-order valence-electron chi connectivity index (χ3n) is 9.76. The fourth-order valence-electron chi connectivity index (χ4n) is 7.14. The molecule has 2 aromatic heterocycles. The van der Waals surface area contributed by atoms with Crippen molar-refractivity contribution in [2.75, 3.05) is 20.7 Å². The monoisotopic (exact) mass is 767 g/mol. The second-order valence-corrected chi connectivity index (χ2v) is 19.3. The van der Waals surface area contributed by atoms with E-state index in [1.165, 1.54) is 0 Å². The van der Waals surface area contributed by atoms with Crippen molar-refractivity contribution < 1.29 is 23.7 Å². The second kappa shape index (κ2) is 17.0. The first kappa shape index (κ1) is 38.7. The second-order valence-electron chi connectivity index (χ2n) is 15.1. The number of ether oxygens (including phenoxy) is 3. The Morgan fingerprint density at radius 3 is 1.95 bits per heavy atom. The number of hydrogen-bond donors (Lipinski definition) is 1. The summed E-state index contributed by atoms with van der Waals surface area (Å²) in [5.74, 6) is 1.19. The summed E-state index contributed by atoms with van der Waals surface area (Å²) >= 11 is 0. The van der Waals surface area contributed by atoms with E-state index in [9.17, 15) is 5.11 Å². The van der Waals surface area contributed by atoms with Gasteiger partial charge in [-0.05, 0) is 32.6 Å². The number of aromatic nitrogens is 3. The molecule has 0 bridgehead atoms. The van der Waals surface area contributed by atoms with Crippen LogP contribution in [0.5, 0.6) is 5.88 Å². The van der Waals surface area contributed by atoms with E-state index in [0.717, 1.165) is 27.1 Å². The normalized spacial score (nSPS) is 16.0. The number of aliphatic imine (C=N–C) groups is 1. The molecule has 3 heterocycles. The Morgan fingerprint density at radius 1 is 0.821 bits per heavy atom. The molecule has 0 spiro atoms. The summed E-state index contributed by atoms with van der Waals surface area (Å²) in [5.41, 5.74) is 4.04. The molecule has 0 fully saturated rings. The summed E-state index contributed by atoms with van der Waals surface area (Å²) in [6.45, 7) is 7.32. The number of benzene rings is 4. The van der Waals surface area contributed by atoms with Crippen LogP contribution in [0.2, 0.25) is 5.04 Å². The van der Waals surface area contributed by atoms with E-state index in [1.54, 1.807) is 6.34 Å². The van der Waals surface area contributed by atoms with Crippen molar-refractivity contribution in [2.45, 2.75) is 58.0 Å². The third kappa shape index (κ3) is 8.31. The first-order valence-electron chi connectivity index (χ1n) is 18.8. The van der Waals surface area contributed by atoms with E-state index < -0.39 is 20.5 Å². The van der Waals surface area contributed by atoms with E-state index in [2.05, 4.69) is 74.3 Å². The maximum absolute atomic E-state index is 10.8. The lowest BCUT2D eigenvalue weighted by atomic mass is 10.1. The molecule has 0 unspecified atom stereocenters. The van der Waals surface area contributed by atoms with Gasteiger partial charge in [0.25, 0.3) is 5.95 Å². The summed E-state index contributed by atoms with van der Waals surface area (Å²) in [6.07, 6.45) is 4.28. The minimum atomic E-state index is -3.04. The van der Waals surface area contributed by atoms with Crippen LogP contribution in [0.15, 0.2) is 144 Å². The molecule has 1 aliphatic heterocycles. The highest BCUT2D eigenvalue weighted by molar-refractivity contribution is 6.99. The first-order chi connectivity index (χ1) is 27.2. The SMILES string of the molecule is CN(C)/C=N/c1nc(OCc2ccccc2)c2c(n1)c([C@H]1C=C(O[Si](c3ccccc3)(c3ccccc3)C(C)(C)C)[C@@H](CO)O1)cn2COCc1ccccc1. The number of aliphatic hydroxyl groups excluding tert-OH is 1. The first-order valence-corrected chi connectivity index (χ1v) is 20.7. The predicted octanol–water partition coefficient (Wildman–Crippen LogP) is 7.30. The summed E-state index contributed by atoms with van der Waals surface area (Å²) in [7, 11) is 0.741. The summed E-state index contributed by atoms with van der Waals surface area (Å²) in [6, 6.07) is 40.9. The Labute approximate surface area is 329 Å². The number of hydrogen-bond acceptors (Lipinski definition) is 8. The van der Waals surface area contributed by atoms with Crippen molar-refractivity contribution in [3.05, 3.63) is 156 Å². The van der Waals surface area contributed by atoms with Crippen LogP contribution in [-0.2, 0) is 33.8 Å². The predicted molar refractivity (Wildman–Crippen MR) is 223 cm³/mol. The highest BCUT2D eigenvalue weighted by Gasteiger charge is 2.53. The highest BCUT2D eigenvalue weighted by Crippen LogP contribution is 2.43. The van der Waals surface area contributed by atoms with Crippen LogP contribution in [0.3, 0.4) is 0 Å². The maximum Gasteiger partial charge on any atom is 0.319 e. The summed E-state index contributed by atoms with van der Waals surface area (Å²) in [4.78, 5) is 16.2. The molecule has 0 radical (unpaired) electrons. The number of rotatable bonds is 15. The Morgan fingerprint density at radius 2 is 1.39 bits per heavy atom. The van der Waals surface area contributed by atoms with Crippen molar-refractivity contribution in [3.8, 4) is 5.88 Å². The van der Waals surface area contributed by atoms with E-state index in [-0.39, 0.29) is 30.9 Å². The number of nitrogens with zero attached hydrogens (tertiary/aromatic N) is 5. The molecule has 7 rings (SSSR count). The fraction of sp³-hybridized carbons (Fsp3) is 0.267. The summed E-state index contributed by atoms with van der Waals surface area (Å²) < 4.78 is 28.8. The van der Waals surface area contributed by atoms with E-state index in [1.807, 2.05) is 109 Å². The third-order valence-corrected chi connectivity index (χ3v) is 14.7. The van der Waals surface area contributed by atoms with Gasteiger partial charge >= 0.3 is 8.32 Å². The molecule has 11 heteroatoms. The van der Waals surface area contributed by atoms with Crippen molar-refractivity contribution in [1.29, 1.82) is 0 Å². The Hall–Kier alpha value is -5.59. The maximum atomic E-state index is 10.8. The average molecular weight is 768 g/mol. The Balaban J connectivity index is 1.35. The minimum absolute atomic E-state index is 0.196. The lowest BCUT2D eigenvalue weighted by Crippen LogP contribution is -2.66. The molecular weight excluding hydrogens is 719 g/mol. The van der Waals surface area contributed by atoms with Crippen LogP contribution in [0, 0.1) is 0 Å². The van der Waals surface area contributed by atoms with Crippen molar-refractivity contribution >= 4 is 42.0 Å². The molecule has 56 heavy (non-hydrogen) atoms. The Bertz CT molecular complexity index is 2220. The molecule has 0 saturated carbocycles. The van der Waals surface area contributed by atoms with Crippen LogP contribution < -0.4 is 15.1 Å². The van der Waals surface area contributed by atoms with Crippen LogP contribution in [0.4, 0.5) is 5.95 Å². The molecule has 0 aliphatic carbocycles. The number of aliphatic hydroxyl groups is 1. The van der Waals surface area contributed by atoms with Crippen molar-refractivity contribution in [2.24, 2.45) is 4.99 Å². The zero-order chi connectivity index (χ0) is 39.1. The molecular formula is C45H49N5O5Si. The standard InChI is InChI=1S/C45H49N5O5Si/c1-45(2,3)56(35-22-14-8-15-23-35,36-24-16-9-17-25-36)55-39-26-38(54-40(39)28-51)37-27-50(32-52-29-33-18-10-6-11-19-33)42-41(37)47-44(46-31-49(4)5)48-43(42)53-30-34-20-12-7-13-21-34/h6-27,31,38,40,51H,28-30,32H2,1-5H3/b46-31+/t38-,40-/m1/s1.